The summed E-state index contributed by atoms with van der Waals surface area (Å²) < 4.78 is 19.0. The number of aliphatic imine (C=N–C) groups is 1. The minimum atomic E-state index is -0.202. The van der Waals surface area contributed by atoms with Crippen molar-refractivity contribution in [3.63, 3.8) is 0 Å². The number of aryl methyl sites for hydroxylation is 1. The van der Waals surface area contributed by atoms with Gasteiger partial charge in [0.15, 0.2) is 5.96 Å². The Kier molecular flexibility index (Phi) is 7.04. The van der Waals surface area contributed by atoms with Crippen molar-refractivity contribution in [2.45, 2.75) is 38.6 Å². The van der Waals surface area contributed by atoms with Crippen molar-refractivity contribution in [1.82, 2.24) is 10.6 Å². The fourth-order valence-electron chi connectivity index (χ4n) is 3.59. The molecule has 1 aliphatic heterocycles. The zero-order valence-electron chi connectivity index (χ0n) is 16.8. The van der Waals surface area contributed by atoms with E-state index in [1.54, 1.807) is 12.1 Å². The number of rotatable bonds is 6. The number of guanidine groups is 1. The molecule has 0 spiro atoms. The highest BCUT2D eigenvalue weighted by atomic mass is 19.1. The lowest BCUT2D eigenvalue weighted by Gasteiger charge is -2.38. The van der Waals surface area contributed by atoms with Crippen LogP contribution < -0.4 is 10.6 Å². The summed E-state index contributed by atoms with van der Waals surface area (Å²) in [6, 6.07) is 15.3. The zero-order valence-corrected chi connectivity index (χ0v) is 16.8. The van der Waals surface area contributed by atoms with Gasteiger partial charge in [0.05, 0.1) is 6.54 Å². The minimum Gasteiger partial charge on any atom is -0.381 e. The van der Waals surface area contributed by atoms with Crippen molar-refractivity contribution in [3.05, 3.63) is 71.0 Å². The first-order valence-corrected chi connectivity index (χ1v) is 10.0. The van der Waals surface area contributed by atoms with Crippen molar-refractivity contribution in [1.29, 1.82) is 0 Å². The molecule has 0 aliphatic carbocycles. The number of halogens is 1. The Morgan fingerprint density at radius 1 is 1.04 bits per heavy atom. The Morgan fingerprint density at radius 2 is 1.71 bits per heavy atom. The maximum Gasteiger partial charge on any atom is 0.191 e. The first-order valence-electron chi connectivity index (χ1n) is 10.0. The highest BCUT2D eigenvalue weighted by Crippen LogP contribution is 2.34. The zero-order chi connectivity index (χ0) is 19.8. The summed E-state index contributed by atoms with van der Waals surface area (Å²) in [5.41, 5.74) is 3.51. The van der Waals surface area contributed by atoms with E-state index in [-0.39, 0.29) is 11.2 Å². The van der Waals surface area contributed by atoms with Crippen molar-refractivity contribution >= 4 is 5.96 Å². The molecule has 5 heteroatoms. The molecular formula is C23H30FN3O. The van der Waals surface area contributed by atoms with Crippen LogP contribution in [0.15, 0.2) is 53.5 Å². The Morgan fingerprint density at radius 3 is 2.36 bits per heavy atom. The maximum absolute atomic E-state index is 13.4. The molecule has 1 fully saturated rings. The van der Waals surface area contributed by atoms with E-state index in [1.807, 2.05) is 12.1 Å². The summed E-state index contributed by atoms with van der Waals surface area (Å²) in [6.45, 7) is 7.75. The largest absolute Gasteiger partial charge is 0.381 e. The number of hydrogen-bond donors (Lipinski definition) is 2. The Hall–Kier alpha value is -2.40. The number of hydrogen-bond acceptors (Lipinski definition) is 2. The molecule has 28 heavy (non-hydrogen) atoms. The molecule has 2 aromatic carbocycles. The second kappa shape index (κ2) is 9.69. The SMILES string of the molecule is CCNC(=NCc1ccc(C)cc1)NCC1(c2ccc(F)cc2)CCOCC1. The third kappa shape index (κ3) is 5.32. The van der Waals surface area contributed by atoms with Gasteiger partial charge in [0, 0.05) is 31.7 Å². The van der Waals surface area contributed by atoms with E-state index in [1.165, 1.54) is 11.1 Å². The van der Waals surface area contributed by atoms with Crippen LogP contribution >= 0.6 is 0 Å². The van der Waals surface area contributed by atoms with Crippen LogP contribution in [-0.4, -0.2) is 32.3 Å². The summed E-state index contributed by atoms with van der Waals surface area (Å²) in [5.74, 6) is 0.600. The van der Waals surface area contributed by atoms with Crippen molar-refractivity contribution < 1.29 is 9.13 Å². The van der Waals surface area contributed by atoms with Gasteiger partial charge in [-0.25, -0.2) is 9.38 Å². The van der Waals surface area contributed by atoms with Crippen LogP contribution in [0, 0.1) is 12.7 Å². The quantitative estimate of drug-likeness (QED) is 0.587. The van der Waals surface area contributed by atoms with Crippen LogP contribution in [0.25, 0.3) is 0 Å². The van der Waals surface area contributed by atoms with E-state index in [2.05, 4.69) is 48.7 Å². The average molecular weight is 384 g/mol. The van der Waals surface area contributed by atoms with E-state index in [9.17, 15) is 4.39 Å². The van der Waals surface area contributed by atoms with E-state index in [0.29, 0.717) is 6.54 Å². The summed E-state index contributed by atoms with van der Waals surface area (Å²) >= 11 is 0. The second-order valence-electron chi connectivity index (χ2n) is 7.43. The van der Waals surface area contributed by atoms with Gasteiger partial charge in [-0.2, -0.15) is 0 Å². The Balaban J connectivity index is 1.72. The molecule has 150 valence electrons. The summed E-state index contributed by atoms with van der Waals surface area (Å²) in [6.07, 6.45) is 1.81. The van der Waals surface area contributed by atoms with Gasteiger partial charge in [0.1, 0.15) is 5.82 Å². The van der Waals surface area contributed by atoms with Crippen LogP contribution in [0.5, 0.6) is 0 Å². The number of benzene rings is 2. The predicted octanol–water partition coefficient (Wildman–Crippen LogP) is 3.94. The molecule has 1 heterocycles. The number of ether oxygens (including phenoxy) is 1. The van der Waals surface area contributed by atoms with Gasteiger partial charge in [-0.05, 0) is 49.9 Å². The molecule has 0 radical (unpaired) electrons. The Labute approximate surface area is 167 Å². The summed E-state index contributed by atoms with van der Waals surface area (Å²) in [7, 11) is 0. The molecule has 1 aliphatic rings. The van der Waals surface area contributed by atoms with Gasteiger partial charge in [0.25, 0.3) is 0 Å². The molecule has 4 nitrogen and oxygen atoms in total. The lowest BCUT2D eigenvalue weighted by atomic mass is 9.74. The molecule has 3 rings (SSSR count). The molecule has 1 saturated heterocycles. The lowest BCUT2D eigenvalue weighted by Crippen LogP contribution is -2.48. The van der Waals surface area contributed by atoms with Crippen LogP contribution in [-0.2, 0) is 16.7 Å². The van der Waals surface area contributed by atoms with E-state index >= 15 is 0 Å². The van der Waals surface area contributed by atoms with Crippen LogP contribution in [0.2, 0.25) is 0 Å². The Bertz CT molecular complexity index is 765. The van der Waals surface area contributed by atoms with Crippen molar-refractivity contribution in [3.8, 4) is 0 Å². The lowest BCUT2D eigenvalue weighted by molar-refractivity contribution is 0.0513. The number of nitrogens with zero attached hydrogens (tertiary/aromatic N) is 1. The standard InChI is InChI=1S/C23H30FN3O/c1-3-25-22(26-16-19-6-4-18(2)5-7-19)27-17-23(12-14-28-15-13-23)20-8-10-21(24)11-9-20/h4-11H,3,12-17H2,1-2H3,(H2,25,26,27). The van der Waals surface area contributed by atoms with Crippen molar-refractivity contribution in [2.24, 2.45) is 4.99 Å². The smallest absolute Gasteiger partial charge is 0.191 e. The van der Waals surface area contributed by atoms with E-state index in [4.69, 9.17) is 9.73 Å². The third-order valence-electron chi connectivity index (χ3n) is 5.39. The topological polar surface area (TPSA) is 45.7 Å². The van der Waals surface area contributed by atoms with Crippen LogP contribution in [0.4, 0.5) is 4.39 Å². The van der Waals surface area contributed by atoms with Gasteiger partial charge in [-0.1, -0.05) is 42.0 Å². The molecule has 0 saturated carbocycles. The monoisotopic (exact) mass is 383 g/mol. The molecule has 0 bridgehead atoms. The van der Waals surface area contributed by atoms with Gasteiger partial charge >= 0.3 is 0 Å². The first kappa shape index (κ1) is 20.3. The molecule has 0 aromatic heterocycles. The van der Waals surface area contributed by atoms with Gasteiger partial charge in [-0.15, -0.1) is 0 Å². The van der Waals surface area contributed by atoms with Gasteiger partial charge in [-0.3, -0.25) is 0 Å². The summed E-state index contributed by atoms with van der Waals surface area (Å²) in [4.78, 5) is 4.74. The third-order valence-corrected chi connectivity index (χ3v) is 5.39. The first-order chi connectivity index (χ1) is 13.6. The normalized spacial score (nSPS) is 16.6. The highest BCUT2D eigenvalue weighted by molar-refractivity contribution is 5.79. The minimum absolute atomic E-state index is 0.0774. The average Bonchev–Trinajstić information content (AvgIpc) is 2.72. The number of nitrogens with one attached hydrogen (secondary N) is 2. The van der Waals surface area contributed by atoms with Gasteiger partial charge < -0.3 is 15.4 Å². The fraction of sp³-hybridized carbons (Fsp3) is 0.435. The van der Waals surface area contributed by atoms with Crippen LogP contribution in [0.3, 0.4) is 0 Å². The van der Waals surface area contributed by atoms with E-state index < -0.39 is 0 Å². The van der Waals surface area contributed by atoms with Crippen LogP contribution in [0.1, 0.15) is 36.5 Å². The highest BCUT2D eigenvalue weighted by Gasteiger charge is 2.34. The predicted molar refractivity (Wildman–Crippen MR) is 112 cm³/mol. The fourth-order valence-corrected chi connectivity index (χ4v) is 3.59. The van der Waals surface area contributed by atoms with Crippen molar-refractivity contribution in [2.75, 3.05) is 26.3 Å². The molecule has 2 aromatic rings. The van der Waals surface area contributed by atoms with E-state index in [0.717, 1.165) is 50.7 Å². The molecule has 0 amide bonds. The molecule has 2 N–H and O–H groups in total. The molecular weight excluding hydrogens is 353 g/mol. The summed E-state index contributed by atoms with van der Waals surface area (Å²) in [5, 5.41) is 6.84. The van der Waals surface area contributed by atoms with Gasteiger partial charge in [0.2, 0.25) is 0 Å². The second-order valence-corrected chi connectivity index (χ2v) is 7.43. The maximum atomic E-state index is 13.4. The molecule has 0 unspecified atom stereocenters. The molecule has 0 atom stereocenters.